The number of nitrogen functional groups attached to an aromatic ring is 2. The number of benzene rings is 6. The van der Waals surface area contributed by atoms with Gasteiger partial charge < -0.3 is 99.9 Å². The third kappa shape index (κ3) is 31.4. The molecule has 4 saturated heterocycles. The standard InChI is InChI=1S/C33H45N5O4.C32H44N4O6.C32H46N4O4.C11H20N2O2.CBrN.CH4.Zn/c1-22(31(2,3)4)37(30(40)41-19-23-11-9-8-10-12-23)18-24-13-14-27-26(15-24)35-28(34)38(27)25-16-33(17-25)20-36(21-33)29(39)42-32(5,6)7;1-22(30(2,3)4)35(29(38)41-19-23-11-9-8-10-12-23)18-24-13-14-26(27(15-24)36(39)40)33-25-16-32(17-25)20-34(21-32)28(37)42-31(5,6)7;1-22(30(2,3)4)36(29(38)39-19-23-11-9-8-10-12-23)18-24-13-14-27(26(33)15-24)34-25-16-32(17-25)20-35(21-32)28(37)40-31(5,6)7;1-10(2,3)15-9(14)13-6-11(7-13)4-8(12)5-11;2-1-3;;/h8-15,22,25H,16-21H2,1-7H3,(H2,34,35);8-15,22,25,33H,16-21H2,1-7H3;8-15,22,25,34H,16-21,33H2,1-7H3;8H,4-7,12H2,1-3H3;;1H4;/t3*22-;;;;/m000..../s1. The Morgan fingerprint density at radius 1 is 0.451 bits per heavy atom. The Morgan fingerprint density at radius 2 is 0.736 bits per heavy atom. The van der Waals surface area contributed by atoms with Gasteiger partial charge >= 0.3 is 42.7 Å². The van der Waals surface area contributed by atoms with Crippen LogP contribution in [-0.2, 0) is 92.1 Å². The molecule has 15 rings (SSSR count). The largest absolute Gasteiger partial charge is 0.445 e. The molecule has 4 aliphatic carbocycles. The Labute approximate surface area is 874 Å². The Hall–Kier alpha value is -11.2. The number of halogens is 1. The molecule has 4 spiro atoms. The molecule has 6 aromatic carbocycles. The number of nitrogens with two attached hydrogens (primary N) is 3. The van der Waals surface area contributed by atoms with Gasteiger partial charge in [0.1, 0.15) is 52.9 Å². The number of nitro benzene ring substituents is 1. The summed E-state index contributed by atoms with van der Waals surface area (Å²) in [7, 11) is 0. The molecule has 0 bridgehead atoms. The number of rotatable bonds is 21. The van der Waals surface area contributed by atoms with Gasteiger partial charge in [0.2, 0.25) is 5.95 Å². The van der Waals surface area contributed by atoms with Crippen LogP contribution in [0.4, 0.5) is 62.3 Å². The van der Waals surface area contributed by atoms with Gasteiger partial charge in [-0.2, -0.15) is 5.26 Å². The summed E-state index contributed by atoms with van der Waals surface area (Å²) in [6.45, 7) is 55.0. The molecule has 144 heavy (non-hydrogen) atoms. The van der Waals surface area contributed by atoms with Crippen LogP contribution in [0.15, 0.2) is 146 Å². The maximum atomic E-state index is 13.3. The summed E-state index contributed by atoms with van der Waals surface area (Å²) >= 11 is 2.45. The van der Waals surface area contributed by atoms with E-state index >= 15 is 0 Å². The number of fused-ring (bicyclic) bond motifs is 1. The van der Waals surface area contributed by atoms with E-state index in [-0.39, 0.29) is 163 Å². The minimum Gasteiger partial charge on any atom is -0.445 e. The zero-order valence-electron chi connectivity index (χ0n) is 88.7. The number of anilines is 4. The molecule has 0 radical (unpaired) electrons. The van der Waals surface area contributed by atoms with Gasteiger partial charge in [0.05, 0.1) is 27.3 Å². The van der Waals surface area contributed by atoms with Gasteiger partial charge in [-0.1, -0.05) is 179 Å². The van der Waals surface area contributed by atoms with Gasteiger partial charge in [-0.25, -0.2) is 38.5 Å². The molecule has 7 amide bonds. The maximum Gasteiger partial charge on any atom is 0.410 e. The fraction of sp³-hybridized carbons (Fsp3) is 0.591. The van der Waals surface area contributed by atoms with E-state index in [4.69, 9.17) is 60.6 Å². The molecule has 3 atom stereocenters. The van der Waals surface area contributed by atoms with E-state index in [1.165, 1.54) is 6.07 Å². The second kappa shape index (κ2) is 46.7. The van der Waals surface area contributed by atoms with Crippen LogP contribution in [0.2, 0.25) is 0 Å². The smallest absolute Gasteiger partial charge is 0.410 e. The Balaban J connectivity index is 0.000000219. The number of aromatic nitrogens is 2. The van der Waals surface area contributed by atoms with E-state index in [2.05, 4.69) is 98.7 Å². The molecule has 32 nitrogen and oxygen atoms in total. The monoisotopic (exact) mass is 2100 g/mol. The molecule has 0 unspecified atom stereocenters. The number of nitriles is 1. The third-order valence-corrected chi connectivity index (χ3v) is 28.0. The average molecular weight is 2110 g/mol. The predicted octanol–water partition coefficient (Wildman–Crippen LogP) is 23.2. The quantitative estimate of drug-likeness (QED) is 0.0147. The van der Waals surface area contributed by atoms with Crippen LogP contribution in [0.3, 0.4) is 0 Å². The Kier molecular flexibility index (Phi) is 37.7. The molecule has 4 saturated carbocycles. The predicted molar refractivity (Wildman–Crippen MR) is 562 cm³/mol. The van der Waals surface area contributed by atoms with Crippen molar-refractivity contribution >= 4 is 98.3 Å². The molecule has 34 heteroatoms. The maximum absolute atomic E-state index is 13.3. The fourth-order valence-corrected chi connectivity index (χ4v) is 19.6. The molecule has 5 heterocycles. The number of carbonyl (C=O) groups excluding carboxylic acids is 7. The molecule has 7 aromatic rings. The summed E-state index contributed by atoms with van der Waals surface area (Å²) < 4.78 is 41.0. The van der Waals surface area contributed by atoms with Crippen molar-refractivity contribution in [1.82, 2.24) is 43.9 Å². The fourth-order valence-electron chi connectivity index (χ4n) is 19.6. The van der Waals surface area contributed by atoms with E-state index < -0.39 is 28.5 Å². The number of imidazole rings is 1. The van der Waals surface area contributed by atoms with Gasteiger partial charge in [-0.05, 0) is 235 Å². The van der Waals surface area contributed by atoms with Crippen molar-refractivity contribution in [2.45, 2.75) is 329 Å². The molecule has 1 aromatic heterocycles. The normalized spacial score (nSPS) is 18.7. The van der Waals surface area contributed by atoms with E-state index in [1.54, 1.807) is 45.3 Å². The van der Waals surface area contributed by atoms with Crippen LogP contribution >= 0.6 is 15.9 Å². The number of hydrogen-bond acceptors (Lipinski definition) is 23. The van der Waals surface area contributed by atoms with Crippen molar-refractivity contribution in [3.63, 3.8) is 0 Å². The first kappa shape index (κ1) is 116. The topological polar surface area (TPSA) is 394 Å². The number of nitrogens with one attached hydrogen (secondary N) is 2. The number of nitrogens with zero attached hydrogens (tertiary/aromatic N) is 11. The number of nitro groups is 1. The second-order valence-electron chi connectivity index (χ2n) is 48.0. The van der Waals surface area contributed by atoms with E-state index in [0.717, 1.165) is 135 Å². The van der Waals surface area contributed by atoms with Crippen LogP contribution < -0.4 is 27.8 Å². The van der Waals surface area contributed by atoms with Crippen LogP contribution in [-0.4, -0.2) is 202 Å². The van der Waals surface area contributed by atoms with Crippen LogP contribution in [0.25, 0.3) is 11.0 Å². The van der Waals surface area contributed by atoms with Gasteiger partial charge in [-0.3, -0.25) is 10.1 Å². The first-order valence-electron chi connectivity index (χ1n) is 49.6. The summed E-state index contributed by atoms with van der Waals surface area (Å²) in [4.78, 5) is 119. The summed E-state index contributed by atoms with van der Waals surface area (Å²) in [6, 6.07) is 46.8. The van der Waals surface area contributed by atoms with E-state index in [0.29, 0.717) is 66.6 Å². The molecule has 8 aliphatic rings. The molecule has 784 valence electrons. The van der Waals surface area contributed by atoms with Crippen molar-refractivity contribution in [1.29, 1.82) is 5.26 Å². The number of amides is 7. The molecule has 8 N–H and O–H groups in total. The number of hydrogen-bond donors (Lipinski definition) is 5. The second-order valence-corrected chi connectivity index (χ2v) is 48.3. The molecule has 8 fully saturated rings. The first-order chi connectivity index (χ1) is 66.0. The van der Waals surface area contributed by atoms with Crippen molar-refractivity contribution < 1.29 is 91.1 Å². The van der Waals surface area contributed by atoms with E-state index in [1.807, 2.05) is 232 Å². The third-order valence-electron chi connectivity index (χ3n) is 28.0. The SMILES string of the molecule is C.CC(C)(C)OC(=O)N1CC2(CC(N)C2)C1.C[C@H](N(Cc1ccc(NC2CC3(C2)CN(C(=O)OC(C)(C)C)C3)c(N)c1)C(=O)OCc1ccccc1)C(C)(C)C.C[C@H](N(Cc1ccc(NC2CC3(C2)CN(C(=O)OC(C)(C)C)C3)c([N+](=O)[O-])c1)C(=O)OCc1ccccc1)C(C)(C)C.C[C@H](N(Cc1ccc2c(c1)nc(N)n2C1CC2(C1)CN(C(=O)OC(C)(C)C)C2)C(=O)OCc1ccccc1)C(C)(C)C.N#CBr.[Zn]. The minimum atomic E-state index is -0.529. The number of likely N-dealkylation sites (tertiary alicyclic amines) is 4. The number of carbonyl (C=O) groups is 7. The first-order valence-corrected chi connectivity index (χ1v) is 50.4. The number of ether oxygens (including phenoxy) is 7. The Morgan fingerprint density at radius 3 is 1.03 bits per heavy atom. The average Bonchev–Trinajstić information content (AvgIpc) is 0.929. The van der Waals surface area contributed by atoms with E-state index in [9.17, 15) is 43.7 Å². The van der Waals surface area contributed by atoms with Crippen molar-refractivity contribution in [3.05, 3.63) is 189 Å². The Bertz CT molecular complexity index is 5560. The van der Waals surface area contributed by atoms with Crippen LogP contribution in [0, 0.1) is 58.3 Å². The van der Waals surface area contributed by atoms with Gasteiger partial charge in [-0.15, -0.1) is 0 Å². The summed E-state index contributed by atoms with van der Waals surface area (Å²) in [5.74, 6) is 0.493. The summed E-state index contributed by atoms with van der Waals surface area (Å²) in [6.07, 6.45) is 5.58. The molecular formula is C110H159BrN16O16Zn. The van der Waals surface area contributed by atoms with Gasteiger partial charge in [0.15, 0.2) is 0 Å². The van der Waals surface area contributed by atoms with Crippen LogP contribution in [0.1, 0.15) is 264 Å². The van der Waals surface area contributed by atoms with Crippen molar-refractivity contribution in [2.24, 2.45) is 43.6 Å². The van der Waals surface area contributed by atoms with Gasteiger partial charge in [0, 0.05) is 177 Å². The zero-order valence-corrected chi connectivity index (χ0v) is 93.3. The summed E-state index contributed by atoms with van der Waals surface area (Å²) in [5, 5.41) is 26.2. The molecule has 4 aliphatic heterocycles. The van der Waals surface area contributed by atoms with Crippen LogP contribution in [0.5, 0.6) is 0 Å². The molecular weight excluding hydrogens is 1950 g/mol. The van der Waals surface area contributed by atoms with Crippen molar-refractivity contribution in [2.75, 3.05) is 74.5 Å². The minimum absolute atomic E-state index is 0. The van der Waals surface area contributed by atoms with Crippen molar-refractivity contribution in [3.8, 4) is 4.98 Å². The van der Waals surface area contributed by atoms with Gasteiger partial charge in [0.25, 0.3) is 5.69 Å². The summed E-state index contributed by atoms with van der Waals surface area (Å²) in [5.41, 5.74) is 26.1. The zero-order chi connectivity index (χ0) is 105.